The van der Waals surface area contributed by atoms with Crippen LogP contribution in [0.4, 0.5) is 0 Å². The Bertz CT molecular complexity index is 741. The summed E-state index contributed by atoms with van der Waals surface area (Å²) in [6.45, 7) is 3.17. The highest BCUT2D eigenvalue weighted by molar-refractivity contribution is 7.09. The number of thiazole rings is 1. The van der Waals surface area contributed by atoms with Crippen LogP contribution in [0.2, 0.25) is 0 Å². The molecular formula is C17H18N2O3S. The van der Waals surface area contributed by atoms with Gasteiger partial charge in [0.25, 0.3) is 0 Å². The van der Waals surface area contributed by atoms with Gasteiger partial charge in [-0.1, -0.05) is 18.2 Å². The lowest BCUT2D eigenvalue weighted by atomic mass is 9.93. The van der Waals surface area contributed by atoms with Crippen LogP contribution in [0.3, 0.4) is 0 Å². The molecule has 0 radical (unpaired) electrons. The van der Waals surface area contributed by atoms with Crippen LogP contribution in [0.5, 0.6) is 0 Å². The van der Waals surface area contributed by atoms with Crippen molar-refractivity contribution in [3.63, 3.8) is 0 Å². The Hall–Kier alpha value is -2.21. The van der Waals surface area contributed by atoms with Crippen molar-refractivity contribution < 1.29 is 14.7 Å². The zero-order valence-electron chi connectivity index (χ0n) is 12.9. The van der Waals surface area contributed by atoms with E-state index in [1.54, 1.807) is 23.5 Å². The molecule has 1 fully saturated rings. The molecule has 2 heterocycles. The van der Waals surface area contributed by atoms with E-state index in [4.69, 9.17) is 0 Å². The van der Waals surface area contributed by atoms with Crippen molar-refractivity contribution >= 4 is 23.2 Å². The van der Waals surface area contributed by atoms with Crippen LogP contribution in [0, 0.1) is 6.92 Å². The van der Waals surface area contributed by atoms with Crippen LogP contribution in [-0.4, -0.2) is 40.0 Å². The van der Waals surface area contributed by atoms with Crippen molar-refractivity contribution in [2.24, 2.45) is 0 Å². The van der Waals surface area contributed by atoms with Gasteiger partial charge >= 0.3 is 5.97 Å². The van der Waals surface area contributed by atoms with Gasteiger partial charge in [-0.25, -0.2) is 9.78 Å². The number of carbonyl (C=O) groups is 2. The first-order valence-electron chi connectivity index (χ1n) is 7.55. The number of benzene rings is 1. The summed E-state index contributed by atoms with van der Waals surface area (Å²) in [6.07, 6.45) is 1.11. The highest BCUT2D eigenvalue weighted by atomic mass is 32.1. The van der Waals surface area contributed by atoms with E-state index >= 15 is 0 Å². The summed E-state index contributed by atoms with van der Waals surface area (Å²) in [5.74, 6) is -0.766. The zero-order chi connectivity index (χ0) is 16.4. The van der Waals surface area contributed by atoms with Crippen LogP contribution in [0.15, 0.2) is 29.6 Å². The number of carbonyl (C=O) groups excluding carboxylic acids is 1. The average molecular weight is 330 g/mol. The third-order valence-electron chi connectivity index (χ3n) is 4.17. The molecule has 1 aliphatic rings. The molecule has 1 atom stereocenters. The Morgan fingerprint density at radius 2 is 2.17 bits per heavy atom. The maximum atomic E-state index is 12.4. The minimum absolute atomic E-state index is 0.0607. The molecule has 120 valence electrons. The van der Waals surface area contributed by atoms with Gasteiger partial charge in [0.1, 0.15) is 0 Å². The topological polar surface area (TPSA) is 70.5 Å². The number of hydrogen-bond acceptors (Lipinski definition) is 4. The van der Waals surface area contributed by atoms with Crippen molar-refractivity contribution in [3.05, 3.63) is 51.5 Å². The molecule has 0 spiro atoms. The van der Waals surface area contributed by atoms with Gasteiger partial charge in [0, 0.05) is 24.4 Å². The first-order valence-corrected chi connectivity index (χ1v) is 8.43. The molecule has 0 aliphatic carbocycles. The van der Waals surface area contributed by atoms with E-state index in [1.807, 2.05) is 29.3 Å². The number of hydrogen-bond donors (Lipinski definition) is 1. The van der Waals surface area contributed by atoms with Crippen LogP contribution in [0.25, 0.3) is 0 Å². The van der Waals surface area contributed by atoms with Gasteiger partial charge in [-0.05, 0) is 25.0 Å². The number of aromatic carboxylic acids is 1. The van der Waals surface area contributed by atoms with Gasteiger partial charge in [0.2, 0.25) is 5.91 Å². The monoisotopic (exact) mass is 330 g/mol. The number of nitrogens with zero attached hydrogens (tertiary/aromatic N) is 2. The number of carboxylic acids is 1. The fraction of sp³-hybridized carbons (Fsp3) is 0.353. The summed E-state index contributed by atoms with van der Waals surface area (Å²) in [5, 5.41) is 12.2. The summed E-state index contributed by atoms with van der Waals surface area (Å²) < 4.78 is 0. The minimum atomic E-state index is -0.914. The number of aromatic nitrogens is 1. The molecule has 0 bridgehead atoms. The maximum Gasteiger partial charge on any atom is 0.335 e. The first kappa shape index (κ1) is 15.7. The normalized spacial score (nSPS) is 17.4. The molecular weight excluding hydrogens is 312 g/mol. The third kappa shape index (κ3) is 3.42. The molecule has 1 aliphatic heterocycles. The zero-order valence-corrected chi connectivity index (χ0v) is 13.7. The summed E-state index contributed by atoms with van der Waals surface area (Å²) >= 11 is 1.54. The molecule has 2 aromatic rings. The average Bonchev–Trinajstić information content (AvgIpc) is 3.16. The predicted molar refractivity (Wildman–Crippen MR) is 87.9 cm³/mol. The van der Waals surface area contributed by atoms with Crippen molar-refractivity contribution in [2.75, 3.05) is 13.1 Å². The quantitative estimate of drug-likeness (QED) is 0.936. The van der Waals surface area contributed by atoms with Gasteiger partial charge in [-0.15, -0.1) is 11.3 Å². The Morgan fingerprint density at radius 3 is 2.87 bits per heavy atom. The van der Waals surface area contributed by atoms with Gasteiger partial charge in [0.15, 0.2) is 0 Å². The highest BCUT2D eigenvalue weighted by Crippen LogP contribution is 2.30. The second kappa shape index (κ2) is 6.50. The molecule has 1 N–H and O–H groups in total. The van der Waals surface area contributed by atoms with E-state index in [0.717, 1.165) is 22.7 Å². The highest BCUT2D eigenvalue weighted by Gasteiger charge is 2.29. The molecule has 1 aromatic heterocycles. The fourth-order valence-electron chi connectivity index (χ4n) is 3.04. The number of amides is 1. The van der Waals surface area contributed by atoms with E-state index in [0.29, 0.717) is 25.1 Å². The number of likely N-dealkylation sites (tertiary alicyclic amines) is 1. The molecule has 5 nitrogen and oxygen atoms in total. The predicted octanol–water partition coefficient (Wildman–Crippen LogP) is 2.71. The largest absolute Gasteiger partial charge is 0.478 e. The van der Waals surface area contributed by atoms with Crippen LogP contribution < -0.4 is 0 Å². The van der Waals surface area contributed by atoms with Crippen LogP contribution in [0.1, 0.15) is 39.0 Å². The van der Waals surface area contributed by atoms with Crippen molar-refractivity contribution in [1.82, 2.24) is 9.88 Å². The van der Waals surface area contributed by atoms with E-state index in [2.05, 4.69) is 4.98 Å². The second-order valence-corrected chi connectivity index (χ2v) is 6.81. The van der Waals surface area contributed by atoms with Gasteiger partial charge in [0.05, 0.1) is 22.7 Å². The summed E-state index contributed by atoms with van der Waals surface area (Å²) in [4.78, 5) is 29.9. The lowest BCUT2D eigenvalue weighted by Gasteiger charge is -2.17. The van der Waals surface area contributed by atoms with Crippen molar-refractivity contribution in [3.8, 4) is 0 Å². The van der Waals surface area contributed by atoms with Gasteiger partial charge in [-0.2, -0.15) is 0 Å². The van der Waals surface area contributed by atoms with Gasteiger partial charge in [-0.3, -0.25) is 4.79 Å². The lowest BCUT2D eigenvalue weighted by molar-refractivity contribution is -0.129. The maximum absolute atomic E-state index is 12.4. The Morgan fingerprint density at radius 1 is 1.39 bits per heavy atom. The molecule has 1 aromatic carbocycles. The third-order valence-corrected chi connectivity index (χ3v) is 4.99. The molecule has 1 saturated heterocycles. The van der Waals surface area contributed by atoms with Gasteiger partial charge < -0.3 is 10.0 Å². The number of carboxylic acid groups (broad SMARTS) is 1. The van der Waals surface area contributed by atoms with E-state index in [9.17, 15) is 14.7 Å². The minimum Gasteiger partial charge on any atom is -0.478 e. The summed E-state index contributed by atoms with van der Waals surface area (Å²) in [7, 11) is 0. The molecule has 1 amide bonds. The number of aryl methyl sites for hydroxylation is 1. The second-order valence-electron chi connectivity index (χ2n) is 5.75. The van der Waals surface area contributed by atoms with E-state index < -0.39 is 5.97 Å². The fourth-order valence-corrected chi connectivity index (χ4v) is 3.66. The molecule has 1 unspecified atom stereocenters. The molecule has 3 rings (SSSR count). The first-order chi connectivity index (χ1) is 11.0. The molecule has 23 heavy (non-hydrogen) atoms. The lowest BCUT2D eigenvalue weighted by Crippen LogP contribution is -2.30. The number of rotatable bonds is 4. The Kier molecular flexibility index (Phi) is 4.43. The summed E-state index contributed by atoms with van der Waals surface area (Å²) in [6, 6.07) is 7.06. The van der Waals surface area contributed by atoms with E-state index in [-0.39, 0.29) is 11.8 Å². The summed E-state index contributed by atoms with van der Waals surface area (Å²) in [5.41, 5.74) is 1.97. The standard InChI is InChI=1S/C17H18N2O3S/c1-11-18-13(10-23-11)8-16(20)19-7-6-12(9-19)14-4-2-3-5-15(14)17(21)22/h2-5,10,12H,6-9H2,1H3,(H,21,22). The van der Waals surface area contributed by atoms with Crippen molar-refractivity contribution in [1.29, 1.82) is 0 Å². The van der Waals surface area contributed by atoms with Crippen molar-refractivity contribution in [2.45, 2.75) is 25.7 Å². The molecule has 6 heteroatoms. The van der Waals surface area contributed by atoms with E-state index in [1.165, 1.54) is 0 Å². The molecule has 0 saturated carbocycles. The Labute approximate surface area is 138 Å². The van der Waals surface area contributed by atoms with Crippen LogP contribution in [-0.2, 0) is 11.2 Å². The smallest absolute Gasteiger partial charge is 0.335 e. The Balaban J connectivity index is 1.69. The van der Waals surface area contributed by atoms with Crippen LogP contribution >= 0.6 is 11.3 Å². The SMILES string of the molecule is Cc1nc(CC(=O)N2CCC(c3ccccc3C(=O)O)C2)cs1.